The number of likely N-dealkylation sites (tertiary alicyclic amines) is 1. The van der Waals surface area contributed by atoms with Gasteiger partial charge in [-0.15, -0.1) is 0 Å². The first kappa shape index (κ1) is 40.5. The van der Waals surface area contributed by atoms with E-state index in [1.165, 1.54) is 0 Å². The summed E-state index contributed by atoms with van der Waals surface area (Å²) in [5, 5.41) is 6.43. The first-order valence-electron chi connectivity index (χ1n) is 19.3. The van der Waals surface area contributed by atoms with Gasteiger partial charge in [-0.25, -0.2) is 14.0 Å². The van der Waals surface area contributed by atoms with Gasteiger partial charge in [0.2, 0.25) is 17.6 Å². The standard InChI is InChI=1S/C40H58FN3O9/c1-40(2,3)53-39(48)43-32(24-41)26-8-10-27(11-9-26)37(46)44-19-18-31(25-12-15-30(50-5)16-13-25)35(44)36(45)42-29-14-17-33-28(22-29)23-34(52-33)38(47)51-21-7-6-20-49-4/h14,17,22-23,25-27,30-32,35H,6-13,15-16,18-21,24H2,1-5H3,(H,42,45)(H,43,48)/t25-,26-,27-,30-,31-,32+,35-/m0/s1. The zero-order valence-corrected chi connectivity index (χ0v) is 32.0. The number of alkyl halides is 1. The number of nitrogens with zero attached hydrogens (tertiary/aromatic N) is 1. The Morgan fingerprint density at radius 3 is 2.32 bits per heavy atom. The van der Waals surface area contributed by atoms with E-state index in [4.69, 9.17) is 23.4 Å². The van der Waals surface area contributed by atoms with Crippen LogP contribution in [0.2, 0.25) is 0 Å². The average molecular weight is 744 g/mol. The Hall–Kier alpha value is -3.71. The summed E-state index contributed by atoms with van der Waals surface area (Å²) in [7, 11) is 3.37. The molecule has 3 atom stereocenters. The lowest BCUT2D eigenvalue weighted by molar-refractivity contribution is -0.142. The largest absolute Gasteiger partial charge is 0.460 e. The number of rotatable bonds is 14. The summed E-state index contributed by atoms with van der Waals surface area (Å²) in [6.07, 6.45) is 7.76. The molecule has 1 aliphatic heterocycles. The lowest BCUT2D eigenvalue weighted by atomic mass is 9.75. The van der Waals surface area contributed by atoms with E-state index in [1.54, 1.807) is 64.2 Å². The van der Waals surface area contributed by atoms with Crippen LogP contribution in [0.3, 0.4) is 0 Å². The zero-order chi connectivity index (χ0) is 38.1. The van der Waals surface area contributed by atoms with Crippen molar-refractivity contribution in [2.75, 3.05) is 46.0 Å². The third kappa shape index (κ3) is 10.7. The second-order valence-electron chi connectivity index (χ2n) is 15.9. The summed E-state index contributed by atoms with van der Waals surface area (Å²) in [5.41, 5.74) is 0.343. The molecular weight excluding hydrogens is 685 g/mol. The molecule has 3 fully saturated rings. The van der Waals surface area contributed by atoms with Crippen molar-refractivity contribution in [2.45, 2.75) is 115 Å². The molecule has 5 rings (SSSR count). The number of halogens is 1. The predicted molar refractivity (Wildman–Crippen MR) is 197 cm³/mol. The number of fused-ring (bicyclic) bond motifs is 1. The summed E-state index contributed by atoms with van der Waals surface area (Å²) >= 11 is 0. The van der Waals surface area contributed by atoms with Crippen molar-refractivity contribution in [1.82, 2.24) is 10.2 Å². The Balaban J connectivity index is 1.26. The monoisotopic (exact) mass is 743 g/mol. The van der Waals surface area contributed by atoms with Crippen LogP contribution in [0.15, 0.2) is 28.7 Å². The third-order valence-electron chi connectivity index (χ3n) is 11.2. The van der Waals surface area contributed by atoms with E-state index >= 15 is 0 Å². The Morgan fingerprint density at radius 2 is 1.66 bits per heavy atom. The first-order valence-corrected chi connectivity index (χ1v) is 19.3. The lowest BCUT2D eigenvalue weighted by Gasteiger charge is -2.38. The molecule has 2 aliphatic carbocycles. The number of hydrogen-bond donors (Lipinski definition) is 2. The minimum absolute atomic E-state index is 0.00459. The van der Waals surface area contributed by atoms with E-state index in [2.05, 4.69) is 10.6 Å². The van der Waals surface area contributed by atoms with Crippen LogP contribution in [-0.4, -0.2) is 93.2 Å². The second-order valence-corrected chi connectivity index (χ2v) is 15.9. The number of anilines is 1. The topological polar surface area (TPSA) is 146 Å². The molecule has 2 heterocycles. The highest BCUT2D eigenvalue weighted by Gasteiger charge is 2.47. The number of hydrogen-bond acceptors (Lipinski definition) is 9. The molecular formula is C40H58FN3O9. The Kier molecular flexibility index (Phi) is 14.2. The highest BCUT2D eigenvalue weighted by molar-refractivity contribution is 6.00. The Bertz CT molecular complexity index is 1540. The van der Waals surface area contributed by atoms with Crippen molar-refractivity contribution >= 4 is 40.5 Å². The van der Waals surface area contributed by atoms with Crippen LogP contribution in [-0.2, 0) is 28.5 Å². The van der Waals surface area contributed by atoms with Crippen LogP contribution in [0.5, 0.6) is 0 Å². The molecule has 1 saturated heterocycles. The first-order chi connectivity index (χ1) is 25.4. The van der Waals surface area contributed by atoms with Gasteiger partial charge in [-0.1, -0.05) is 0 Å². The van der Waals surface area contributed by atoms with Crippen molar-refractivity contribution in [2.24, 2.45) is 23.7 Å². The maximum atomic E-state index is 14.3. The van der Waals surface area contributed by atoms with E-state index in [9.17, 15) is 23.6 Å². The van der Waals surface area contributed by atoms with Gasteiger partial charge < -0.3 is 38.9 Å². The number of furan rings is 1. The summed E-state index contributed by atoms with van der Waals surface area (Å²) < 4.78 is 41.2. The number of esters is 1. The lowest BCUT2D eigenvalue weighted by Crippen LogP contribution is -2.50. The maximum absolute atomic E-state index is 14.3. The van der Waals surface area contributed by atoms with Gasteiger partial charge in [-0.05, 0) is 133 Å². The van der Waals surface area contributed by atoms with Crippen molar-refractivity contribution in [3.05, 3.63) is 30.0 Å². The second kappa shape index (κ2) is 18.6. The van der Waals surface area contributed by atoms with Crippen LogP contribution < -0.4 is 10.6 Å². The minimum Gasteiger partial charge on any atom is -0.460 e. The van der Waals surface area contributed by atoms with E-state index in [0.717, 1.165) is 38.5 Å². The molecule has 2 aromatic rings. The van der Waals surface area contributed by atoms with Crippen LogP contribution in [0, 0.1) is 23.7 Å². The summed E-state index contributed by atoms with van der Waals surface area (Å²) in [5.74, 6) is -0.845. The molecule has 12 nitrogen and oxygen atoms in total. The van der Waals surface area contributed by atoms with Crippen molar-refractivity contribution in [3.63, 3.8) is 0 Å². The van der Waals surface area contributed by atoms with Crippen molar-refractivity contribution in [1.29, 1.82) is 0 Å². The summed E-state index contributed by atoms with van der Waals surface area (Å²) in [6.45, 7) is 5.92. The SMILES string of the molecule is COCCCCOC(=O)c1cc2cc(NC(=O)[C@@H]3[C@H]([C@H]4CC[C@H](OC)CC4)CCN3C(=O)[C@H]3CC[C@H]([C@@H](CF)NC(=O)OC(C)(C)C)CC3)ccc2o1. The van der Waals surface area contributed by atoms with Crippen LogP contribution in [0.1, 0.15) is 102 Å². The molecule has 3 aliphatic rings. The van der Waals surface area contributed by atoms with Gasteiger partial charge in [0, 0.05) is 44.4 Å². The van der Waals surface area contributed by atoms with Gasteiger partial charge in [-0.2, -0.15) is 0 Å². The zero-order valence-electron chi connectivity index (χ0n) is 32.0. The molecule has 0 spiro atoms. The number of benzene rings is 1. The van der Waals surface area contributed by atoms with Gasteiger partial charge >= 0.3 is 12.1 Å². The number of carbonyl (C=O) groups is 4. The number of amides is 3. The van der Waals surface area contributed by atoms with E-state index in [1.807, 2.05) is 0 Å². The fraction of sp³-hybridized carbons (Fsp3) is 0.700. The average Bonchev–Trinajstić information content (AvgIpc) is 3.78. The highest BCUT2D eigenvalue weighted by atomic mass is 19.1. The van der Waals surface area contributed by atoms with Crippen molar-refractivity contribution in [3.8, 4) is 0 Å². The molecule has 294 valence electrons. The molecule has 3 amide bonds. The quantitative estimate of drug-likeness (QED) is 0.154. The van der Waals surface area contributed by atoms with Gasteiger partial charge in [0.1, 0.15) is 23.9 Å². The fourth-order valence-corrected chi connectivity index (χ4v) is 8.41. The molecule has 2 saturated carbocycles. The molecule has 1 aromatic heterocycles. The van der Waals surface area contributed by atoms with E-state index in [-0.39, 0.29) is 54.0 Å². The molecule has 13 heteroatoms. The number of unbranched alkanes of at least 4 members (excludes halogenated alkanes) is 1. The summed E-state index contributed by atoms with van der Waals surface area (Å²) in [4.78, 5) is 55.3. The highest BCUT2D eigenvalue weighted by Crippen LogP contribution is 2.42. The molecule has 0 unspecified atom stereocenters. The smallest absolute Gasteiger partial charge is 0.407 e. The number of nitrogens with one attached hydrogen (secondary N) is 2. The van der Waals surface area contributed by atoms with Gasteiger partial charge in [0.05, 0.1) is 18.8 Å². The number of ether oxygens (including phenoxy) is 4. The molecule has 1 aromatic carbocycles. The summed E-state index contributed by atoms with van der Waals surface area (Å²) in [6, 6.07) is 5.50. The van der Waals surface area contributed by atoms with Gasteiger partial charge in [0.15, 0.2) is 0 Å². The van der Waals surface area contributed by atoms with Gasteiger partial charge in [-0.3, -0.25) is 9.59 Å². The van der Waals surface area contributed by atoms with Crippen LogP contribution in [0.25, 0.3) is 11.0 Å². The van der Waals surface area contributed by atoms with E-state index < -0.39 is 36.4 Å². The minimum atomic E-state index is -0.713. The Labute approximate surface area is 312 Å². The van der Waals surface area contributed by atoms with Crippen LogP contribution in [0.4, 0.5) is 14.9 Å². The number of methoxy groups -OCH3 is 2. The fourth-order valence-electron chi connectivity index (χ4n) is 8.41. The van der Waals surface area contributed by atoms with E-state index in [0.29, 0.717) is 61.9 Å². The maximum Gasteiger partial charge on any atom is 0.407 e. The molecule has 0 bridgehead atoms. The van der Waals surface area contributed by atoms with Gasteiger partial charge in [0.25, 0.3) is 0 Å². The number of carbonyl (C=O) groups excluding carboxylic acids is 4. The van der Waals surface area contributed by atoms with Crippen LogP contribution >= 0.6 is 0 Å². The normalized spacial score (nSPS) is 25.5. The molecule has 53 heavy (non-hydrogen) atoms. The predicted octanol–water partition coefficient (Wildman–Crippen LogP) is 7.05. The molecule has 2 N–H and O–H groups in total. The Morgan fingerprint density at radius 1 is 0.943 bits per heavy atom. The number of alkyl carbamates (subject to hydrolysis) is 1. The van der Waals surface area contributed by atoms with Crippen molar-refractivity contribution < 1.29 is 46.9 Å². The third-order valence-corrected chi connectivity index (χ3v) is 11.2. The molecule has 0 radical (unpaired) electrons.